The summed E-state index contributed by atoms with van der Waals surface area (Å²) < 4.78 is 19.2. The number of aliphatic hydroxyl groups is 1. The Balaban J connectivity index is 2.42. The first-order valence-corrected chi connectivity index (χ1v) is 6.18. The second-order valence-electron chi connectivity index (χ2n) is 3.84. The molecule has 1 unspecified atom stereocenters. The van der Waals surface area contributed by atoms with Crippen LogP contribution in [0, 0.1) is 5.82 Å². The highest BCUT2D eigenvalue weighted by Crippen LogP contribution is 2.32. The van der Waals surface area contributed by atoms with Crippen LogP contribution < -0.4 is 4.74 Å². The van der Waals surface area contributed by atoms with Crippen LogP contribution in [-0.2, 0) is 0 Å². The zero-order chi connectivity index (χ0) is 13.1. The Morgan fingerprint density at radius 3 is 2.67 bits per heavy atom. The van der Waals surface area contributed by atoms with Crippen LogP contribution in [0.2, 0.25) is 0 Å². The minimum atomic E-state index is -0.913. The largest absolute Gasteiger partial charge is 0.496 e. The maximum absolute atomic E-state index is 13.1. The van der Waals surface area contributed by atoms with Crippen LogP contribution in [0.25, 0.3) is 0 Å². The lowest BCUT2D eigenvalue weighted by atomic mass is 10.0. The minimum Gasteiger partial charge on any atom is -0.496 e. The number of aliphatic hydroxyl groups excluding tert-OH is 1. The summed E-state index contributed by atoms with van der Waals surface area (Å²) >= 11 is 3.33. The van der Waals surface area contributed by atoms with Crippen LogP contribution in [0.1, 0.15) is 17.2 Å². The first kappa shape index (κ1) is 13.1. The molecule has 1 atom stereocenters. The van der Waals surface area contributed by atoms with Crippen LogP contribution in [0.3, 0.4) is 0 Å². The molecule has 0 aliphatic carbocycles. The summed E-state index contributed by atoms with van der Waals surface area (Å²) in [7, 11) is 1.53. The van der Waals surface area contributed by atoms with Gasteiger partial charge in [-0.15, -0.1) is 0 Å². The topological polar surface area (TPSA) is 29.5 Å². The summed E-state index contributed by atoms with van der Waals surface area (Å²) in [4.78, 5) is 0. The van der Waals surface area contributed by atoms with Gasteiger partial charge in [-0.25, -0.2) is 4.39 Å². The molecule has 0 bridgehead atoms. The Morgan fingerprint density at radius 1 is 1.22 bits per heavy atom. The number of halogens is 2. The van der Waals surface area contributed by atoms with Crippen molar-refractivity contribution in [1.29, 1.82) is 0 Å². The first-order valence-electron chi connectivity index (χ1n) is 5.39. The van der Waals surface area contributed by atoms with Gasteiger partial charge in [0.05, 0.1) is 7.11 Å². The van der Waals surface area contributed by atoms with E-state index in [1.165, 1.54) is 19.2 Å². The molecule has 2 rings (SSSR count). The Morgan fingerprint density at radius 2 is 2.00 bits per heavy atom. The third-order valence-corrected chi connectivity index (χ3v) is 3.15. The molecule has 0 saturated heterocycles. The Hall–Kier alpha value is -1.39. The molecule has 2 aromatic rings. The molecule has 94 valence electrons. The van der Waals surface area contributed by atoms with Crippen molar-refractivity contribution in [3.8, 4) is 5.75 Å². The summed E-state index contributed by atoms with van der Waals surface area (Å²) in [5.74, 6) is 0.184. The van der Waals surface area contributed by atoms with Crippen molar-refractivity contribution in [1.82, 2.24) is 0 Å². The number of methoxy groups -OCH3 is 1. The highest BCUT2D eigenvalue weighted by molar-refractivity contribution is 9.10. The smallest absolute Gasteiger partial charge is 0.126 e. The summed E-state index contributed by atoms with van der Waals surface area (Å²) in [6.45, 7) is 0. The van der Waals surface area contributed by atoms with Crippen molar-refractivity contribution in [2.45, 2.75) is 6.10 Å². The third kappa shape index (κ3) is 2.71. The Labute approximate surface area is 113 Å². The van der Waals surface area contributed by atoms with E-state index < -0.39 is 6.10 Å². The summed E-state index contributed by atoms with van der Waals surface area (Å²) in [6.07, 6.45) is -0.913. The van der Waals surface area contributed by atoms with E-state index in [0.717, 1.165) is 4.47 Å². The number of ether oxygens (including phenoxy) is 1. The van der Waals surface area contributed by atoms with E-state index in [2.05, 4.69) is 15.9 Å². The fraction of sp³-hybridized carbons (Fsp3) is 0.143. The fourth-order valence-electron chi connectivity index (χ4n) is 1.77. The molecular weight excluding hydrogens is 299 g/mol. The van der Waals surface area contributed by atoms with Crippen LogP contribution in [-0.4, -0.2) is 12.2 Å². The van der Waals surface area contributed by atoms with Gasteiger partial charge >= 0.3 is 0 Å². The zero-order valence-corrected chi connectivity index (χ0v) is 11.3. The van der Waals surface area contributed by atoms with Gasteiger partial charge in [-0.05, 0) is 29.8 Å². The fourth-order valence-corrected chi connectivity index (χ4v) is 2.11. The van der Waals surface area contributed by atoms with Crippen molar-refractivity contribution in [2.24, 2.45) is 0 Å². The SMILES string of the molecule is COc1cc(Br)ccc1C(O)c1cccc(F)c1. The van der Waals surface area contributed by atoms with Gasteiger partial charge < -0.3 is 9.84 Å². The summed E-state index contributed by atoms with van der Waals surface area (Å²) in [5.41, 5.74) is 1.10. The molecular formula is C14H12BrFO2. The average Bonchev–Trinajstić information content (AvgIpc) is 2.37. The van der Waals surface area contributed by atoms with E-state index in [-0.39, 0.29) is 5.82 Å². The molecule has 0 heterocycles. The number of benzene rings is 2. The lowest BCUT2D eigenvalue weighted by Crippen LogP contribution is -2.02. The molecule has 18 heavy (non-hydrogen) atoms. The number of rotatable bonds is 3. The monoisotopic (exact) mass is 310 g/mol. The predicted octanol–water partition coefficient (Wildman–Crippen LogP) is 3.68. The van der Waals surface area contributed by atoms with E-state index in [0.29, 0.717) is 16.9 Å². The molecule has 0 fully saturated rings. The maximum Gasteiger partial charge on any atom is 0.126 e. The summed E-state index contributed by atoms with van der Waals surface area (Å²) in [6, 6.07) is 11.2. The molecule has 2 aromatic carbocycles. The van der Waals surface area contributed by atoms with Gasteiger partial charge in [0.1, 0.15) is 17.7 Å². The maximum atomic E-state index is 13.1. The summed E-state index contributed by atoms with van der Waals surface area (Å²) in [5, 5.41) is 10.3. The van der Waals surface area contributed by atoms with Crippen molar-refractivity contribution >= 4 is 15.9 Å². The standard InChI is InChI=1S/C14H12BrFO2/c1-18-13-8-10(15)5-6-12(13)14(17)9-3-2-4-11(16)7-9/h2-8,14,17H,1H3. The molecule has 0 aromatic heterocycles. The molecule has 4 heteroatoms. The second kappa shape index (κ2) is 5.50. The highest BCUT2D eigenvalue weighted by Gasteiger charge is 2.16. The number of hydrogen-bond acceptors (Lipinski definition) is 2. The van der Waals surface area contributed by atoms with Crippen LogP contribution in [0.4, 0.5) is 4.39 Å². The van der Waals surface area contributed by atoms with Crippen LogP contribution in [0.5, 0.6) is 5.75 Å². The molecule has 0 aliphatic rings. The van der Waals surface area contributed by atoms with E-state index in [1.54, 1.807) is 30.3 Å². The van der Waals surface area contributed by atoms with Crippen LogP contribution >= 0.6 is 15.9 Å². The van der Waals surface area contributed by atoms with E-state index >= 15 is 0 Å². The van der Waals surface area contributed by atoms with Crippen molar-refractivity contribution in [2.75, 3.05) is 7.11 Å². The van der Waals surface area contributed by atoms with E-state index in [9.17, 15) is 9.50 Å². The van der Waals surface area contributed by atoms with E-state index in [1.807, 2.05) is 0 Å². The van der Waals surface area contributed by atoms with Crippen molar-refractivity contribution in [3.05, 3.63) is 63.9 Å². The Bertz CT molecular complexity index is 557. The lowest BCUT2D eigenvalue weighted by Gasteiger charge is -2.15. The lowest BCUT2D eigenvalue weighted by molar-refractivity contribution is 0.214. The molecule has 0 amide bonds. The van der Waals surface area contributed by atoms with E-state index in [4.69, 9.17) is 4.74 Å². The Kier molecular flexibility index (Phi) is 3.99. The van der Waals surface area contributed by atoms with Gasteiger partial charge in [0.2, 0.25) is 0 Å². The molecule has 2 nitrogen and oxygen atoms in total. The third-order valence-electron chi connectivity index (χ3n) is 2.65. The quantitative estimate of drug-likeness (QED) is 0.937. The first-order chi connectivity index (χ1) is 8.61. The molecule has 0 radical (unpaired) electrons. The van der Waals surface area contributed by atoms with Gasteiger partial charge in [-0.2, -0.15) is 0 Å². The average molecular weight is 311 g/mol. The zero-order valence-electron chi connectivity index (χ0n) is 9.73. The second-order valence-corrected chi connectivity index (χ2v) is 4.76. The van der Waals surface area contributed by atoms with Gasteiger partial charge in [0.15, 0.2) is 0 Å². The highest BCUT2D eigenvalue weighted by atomic mass is 79.9. The van der Waals surface area contributed by atoms with Crippen LogP contribution in [0.15, 0.2) is 46.9 Å². The van der Waals surface area contributed by atoms with Gasteiger partial charge in [0.25, 0.3) is 0 Å². The van der Waals surface area contributed by atoms with Gasteiger partial charge in [-0.3, -0.25) is 0 Å². The van der Waals surface area contributed by atoms with Crippen molar-refractivity contribution in [3.63, 3.8) is 0 Å². The normalized spacial score (nSPS) is 12.2. The van der Waals surface area contributed by atoms with Crippen molar-refractivity contribution < 1.29 is 14.2 Å². The van der Waals surface area contributed by atoms with Gasteiger partial charge in [0, 0.05) is 10.0 Å². The van der Waals surface area contributed by atoms with Gasteiger partial charge in [-0.1, -0.05) is 34.1 Å². The molecule has 0 aliphatic heterocycles. The predicted molar refractivity (Wildman–Crippen MR) is 71.2 cm³/mol. The minimum absolute atomic E-state index is 0.373. The number of hydrogen-bond donors (Lipinski definition) is 1. The molecule has 0 saturated carbocycles. The molecule has 1 N–H and O–H groups in total. The molecule has 0 spiro atoms.